The molecule has 2 aliphatic carbocycles. The molecular formula is C15H16F6O8S2. The summed E-state index contributed by atoms with van der Waals surface area (Å²) in [5, 5.41) is 0. The number of fused-ring (bicyclic) bond motifs is 1. The molecule has 0 aromatic rings. The Kier molecular flexibility index (Phi) is 5.60. The summed E-state index contributed by atoms with van der Waals surface area (Å²) < 4.78 is 129. The molecule has 1 saturated heterocycles. The Morgan fingerprint density at radius 3 is 2.06 bits per heavy atom. The molecule has 0 amide bonds. The van der Waals surface area contributed by atoms with Crippen molar-refractivity contribution >= 4 is 31.6 Å². The van der Waals surface area contributed by atoms with Gasteiger partial charge >= 0.3 is 23.0 Å². The lowest BCUT2D eigenvalue weighted by molar-refractivity contribution is -0.160. The molecule has 16 heteroatoms. The van der Waals surface area contributed by atoms with Crippen LogP contribution < -0.4 is 0 Å². The summed E-state index contributed by atoms with van der Waals surface area (Å²) in [4.78, 5) is 24.2. The second-order valence-electron chi connectivity index (χ2n) is 7.82. The van der Waals surface area contributed by atoms with Crippen molar-refractivity contribution in [1.82, 2.24) is 0 Å². The van der Waals surface area contributed by atoms with Crippen LogP contribution in [0.3, 0.4) is 0 Å². The highest BCUT2D eigenvalue weighted by Crippen LogP contribution is 2.57. The summed E-state index contributed by atoms with van der Waals surface area (Å²) in [6, 6.07) is 0. The number of halogens is 6. The first-order chi connectivity index (χ1) is 13.9. The number of hydrogen-bond donors (Lipinski definition) is 0. The summed E-state index contributed by atoms with van der Waals surface area (Å²) in [5.41, 5.74) is -12.6. The third kappa shape index (κ3) is 3.78. The van der Waals surface area contributed by atoms with Crippen molar-refractivity contribution in [2.75, 3.05) is 0 Å². The van der Waals surface area contributed by atoms with Crippen molar-refractivity contribution in [2.45, 2.75) is 54.0 Å². The summed E-state index contributed by atoms with van der Waals surface area (Å²) >= 11 is 0. The second kappa shape index (κ2) is 7.22. The Labute approximate surface area is 172 Å². The van der Waals surface area contributed by atoms with Crippen LogP contribution in [0.1, 0.15) is 26.2 Å². The van der Waals surface area contributed by atoms with E-state index in [9.17, 15) is 52.8 Å². The second-order valence-corrected chi connectivity index (χ2v) is 12.4. The van der Waals surface area contributed by atoms with Gasteiger partial charge in [-0.25, -0.2) is 16.8 Å². The minimum atomic E-state index is -6.82. The molecule has 2 saturated carbocycles. The fraction of sp³-hybridized carbons (Fsp3) is 0.867. The number of carbonyl (C=O) groups is 2. The summed E-state index contributed by atoms with van der Waals surface area (Å²) in [6.45, 7) is 0.777. The van der Waals surface area contributed by atoms with Crippen molar-refractivity contribution in [3.63, 3.8) is 0 Å². The van der Waals surface area contributed by atoms with Gasteiger partial charge in [-0.3, -0.25) is 9.59 Å². The van der Waals surface area contributed by atoms with Gasteiger partial charge in [-0.15, -0.1) is 0 Å². The van der Waals surface area contributed by atoms with Crippen molar-refractivity contribution in [3.05, 3.63) is 0 Å². The molecule has 1 heterocycles. The zero-order valence-corrected chi connectivity index (χ0v) is 17.1. The Hall–Kier alpha value is -1.58. The smallest absolute Gasteiger partial charge is 0.462 e. The Morgan fingerprint density at radius 2 is 1.58 bits per heavy atom. The highest BCUT2D eigenvalue weighted by Gasteiger charge is 2.65. The van der Waals surface area contributed by atoms with E-state index in [2.05, 4.69) is 0 Å². The molecule has 1 aliphatic heterocycles. The van der Waals surface area contributed by atoms with E-state index in [1.807, 2.05) is 0 Å². The molecule has 178 valence electrons. The lowest BCUT2D eigenvalue weighted by Crippen LogP contribution is -2.46. The average molecular weight is 502 g/mol. The van der Waals surface area contributed by atoms with Gasteiger partial charge in [-0.2, -0.15) is 26.3 Å². The minimum absolute atomic E-state index is 0.255. The lowest BCUT2D eigenvalue weighted by Gasteiger charge is -2.27. The van der Waals surface area contributed by atoms with E-state index in [0.29, 0.717) is 12.8 Å². The highest BCUT2D eigenvalue weighted by atomic mass is 32.3. The van der Waals surface area contributed by atoms with Crippen molar-refractivity contribution in [3.8, 4) is 0 Å². The van der Waals surface area contributed by atoms with Crippen LogP contribution in [-0.2, 0) is 38.7 Å². The van der Waals surface area contributed by atoms with Gasteiger partial charge in [0.2, 0.25) is 0 Å². The van der Waals surface area contributed by atoms with Crippen LogP contribution in [0, 0.1) is 23.7 Å². The zero-order valence-electron chi connectivity index (χ0n) is 15.5. The molecule has 0 N–H and O–H groups in total. The van der Waals surface area contributed by atoms with Gasteiger partial charge in [0.25, 0.3) is 19.7 Å². The minimum Gasteiger partial charge on any atom is -0.462 e. The van der Waals surface area contributed by atoms with Gasteiger partial charge in [0, 0.05) is 12.3 Å². The largest absolute Gasteiger partial charge is 0.498 e. The maximum Gasteiger partial charge on any atom is 0.498 e. The van der Waals surface area contributed by atoms with Gasteiger partial charge in [-0.1, -0.05) is 0 Å². The van der Waals surface area contributed by atoms with E-state index < -0.39 is 71.8 Å². The third-order valence-electron chi connectivity index (χ3n) is 5.94. The Balaban J connectivity index is 1.79. The molecule has 0 aromatic heterocycles. The molecule has 6 atom stereocenters. The van der Waals surface area contributed by atoms with Crippen LogP contribution in [0.4, 0.5) is 26.3 Å². The van der Waals surface area contributed by atoms with Crippen molar-refractivity contribution in [1.29, 1.82) is 0 Å². The van der Waals surface area contributed by atoms with E-state index in [-0.39, 0.29) is 17.8 Å². The Bertz CT molecular complexity index is 942. The van der Waals surface area contributed by atoms with Crippen LogP contribution in [0.5, 0.6) is 0 Å². The SMILES string of the molecule is CC(CC(S(=O)(=O)C(F)(F)F)S(=O)(=O)C(F)(F)F)OC(=O)C1C2CC3C(=O)OC1C3C2. The van der Waals surface area contributed by atoms with E-state index in [1.165, 1.54) is 0 Å². The maximum atomic E-state index is 12.8. The standard InChI is InChI=1S/C15H16F6O8S2/c1-5(2-9(30(24,25)14(16,17)18)31(26,27)15(19,20)21)28-13(23)10-6-3-7-8(4-6)12(22)29-11(7)10/h5-11H,2-4H2,1H3. The van der Waals surface area contributed by atoms with Crippen LogP contribution in [0.15, 0.2) is 0 Å². The molecule has 6 unspecified atom stereocenters. The molecule has 3 fully saturated rings. The van der Waals surface area contributed by atoms with E-state index in [1.54, 1.807) is 0 Å². The van der Waals surface area contributed by atoms with Crippen LogP contribution in [0.2, 0.25) is 0 Å². The van der Waals surface area contributed by atoms with Crippen molar-refractivity contribution in [2.24, 2.45) is 23.7 Å². The Morgan fingerprint density at radius 1 is 1.06 bits per heavy atom. The molecule has 31 heavy (non-hydrogen) atoms. The first-order valence-corrected chi connectivity index (χ1v) is 12.0. The quantitative estimate of drug-likeness (QED) is 0.398. The number of ether oxygens (including phenoxy) is 2. The lowest BCUT2D eigenvalue weighted by atomic mass is 9.82. The van der Waals surface area contributed by atoms with Gasteiger partial charge in [0.15, 0.2) is 4.58 Å². The topological polar surface area (TPSA) is 121 Å². The fourth-order valence-corrected chi connectivity index (χ4v) is 8.23. The first-order valence-electron chi connectivity index (χ1n) is 8.91. The number of sulfone groups is 2. The van der Waals surface area contributed by atoms with Crippen molar-refractivity contribution < 1.29 is 62.2 Å². The molecule has 0 aromatic carbocycles. The van der Waals surface area contributed by atoms with Crippen LogP contribution >= 0.6 is 0 Å². The van der Waals surface area contributed by atoms with E-state index in [0.717, 1.165) is 6.92 Å². The third-order valence-corrected chi connectivity index (χ3v) is 10.5. The normalized spacial score (nSPS) is 31.7. The highest BCUT2D eigenvalue weighted by molar-refractivity contribution is 8.09. The molecule has 2 bridgehead atoms. The molecule has 3 rings (SSSR count). The molecule has 0 spiro atoms. The number of rotatable bonds is 6. The van der Waals surface area contributed by atoms with E-state index >= 15 is 0 Å². The number of carbonyl (C=O) groups excluding carboxylic acids is 2. The molecular weight excluding hydrogens is 486 g/mol. The number of esters is 2. The molecule has 8 nitrogen and oxygen atoms in total. The van der Waals surface area contributed by atoms with Crippen LogP contribution in [-0.4, -0.2) is 56.6 Å². The summed E-state index contributed by atoms with van der Waals surface area (Å²) in [7, 11) is -13.6. The number of alkyl halides is 6. The first kappa shape index (κ1) is 24.1. The van der Waals surface area contributed by atoms with Gasteiger partial charge < -0.3 is 9.47 Å². The molecule has 3 aliphatic rings. The number of hydrogen-bond acceptors (Lipinski definition) is 8. The average Bonchev–Trinajstić information content (AvgIpc) is 3.19. The predicted octanol–water partition coefficient (Wildman–Crippen LogP) is 1.70. The maximum absolute atomic E-state index is 12.8. The predicted molar refractivity (Wildman–Crippen MR) is 87.0 cm³/mol. The van der Waals surface area contributed by atoms with Gasteiger partial charge in [-0.05, 0) is 25.7 Å². The fourth-order valence-electron chi connectivity index (χ4n) is 4.60. The van der Waals surface area contributed by atoms with Crippen LogP contribution in [0.25, 0.3) is 0 Å². The monoisotopic (exact) mass is 502 g/mol. The zero-order chi connectivity index (χ0) is 23.7. The van der Waals surface area contributed by atoms with Gasteiger partial charge in [0.05, 0.1) is 11.8 Å². The summed E-state index contributed by atoms with van der Waals surface area (Å²) in [6.07, 6.45) is -3.81. The van der Waals surface area contributed by atoms with E-state index in [4.69, 9.17) is 9.47 Å². The summed E-state index contributed by atoms with van der Waals surface area (Å²) in [5.74, 6) is -3.60. The van der Waals surface area contributed by atoms with Gasteiger partial charge in [0.1, 0.15) is 12.2 Å². The molecule has 0 radical (unpaired) electrons.